The molecule has 1 aliphatic heterocycles. The van der Waals surface area contributed by atoms with Crippen molar-refractivity contribution in [1.82, 2.24) is 0 Å². The Balaban J connectivity index is 1.34. The van der Waals surface area contributed by atoms with E-state index in [4.69, 9.17) is 18.9 Å². The number of hydrogen-bond acceptors (Lipinski definition) is 5. The Labute approximate surface area is 198 Å². The highest BCUT2D eigenvalue weighted by Gasteiger charge is 2.31. The number of carbonyl (C=O) groups is 1. The lowest BCUT2D eigenvalue weighted by Gasteiger charge is -2.17. The van der Waals surface area contributed by atoms with Crippen LogP contribution in [0.5, 0.6) is 17.2 Å². The van der Waals surface area contributed by atoms with Crippen LogP contribution in [0, 0.1) is 5.82 Å². The fraction of sp³-hybridized carbons (Fsp3) is 0.321. The summed E-state index contributed by atoms with van der Waals surface area (Å²) >= 11 is 0. The van der Waals surface area contributed by atoms with Crippen LogP contribution in [0.3, 0.4) is 0 Å². The molecule has 1 aliphatic carbocycles. The van der Waals surface area contributed by atoms with E-state index in [1.807, 2.05) is 48.5 Å². The van der Waals surface area contributed by atoms with Crippen LogP contribution in [-0.2, 0) is 22.4 Å². The second kappa shape index (κ2) is 9.37. The first-order valence-corrected chi connectivity index (χ1v) is 11.5. The Morgan fingerprint density at radius 3 is 2.62 bits per heavy atom. The summed E-state index contributed by atoms with van der Waals surface area (Å²) in [5.41, 5.74) is 4.93. The Hall–Kier alpha value is -3.54. The van der Waals surface area contributed by atoms with Crippen LogP contribution in [0.15, 0.2) is 54.6 Å². The predicted molar refractivity (Wildman–Crippen MR) is 125 cm³/mol. The van der Waals surface area contributed by atoms with Crippen molar-refractivity contribution in [3.05, 3.63) is 88.2 Å². The number of carbonyl (C=O) groups excluding carboxylic acids is 1. The van der Waals surface area contributed by atoms with Crippen LogP contribution in [-0.4, -0.2) is 26.8 Å². The van der Waals surface area contributed by atoms with Crippen molar-refractivity contribution >= 4 is 5.97 Å². The molecule has 34 heavy (non-hydrogen) atoms. The molecule has 0 radical (unpaired) electrons. The van der Waals surface area contributed by atoms with Crippen molar-refractivity contribution in [3.63, 3.8) is 0 Å². The zero-order chi connectivity index (χ0) is 23.7. The summed E-state index contributed by atoms with van der Waals surface area (Å²) < 4.78 is 37.0. The van der Waals surface area contributed by atoms with Crippen molar-refractivity contribution in [2.45, 2.75) is 37.7 Å². The van der Waals surface area contributed by atoms with Gasteiger partial charge in [0, 0.05) is 23.1 Å². The van der Waals surface area contributed by atoms with E-state index in [1.165, 1.54) is 7.11 Å². The van der Waals surface area contributed by atoms with Gasteiger partial charge in [0.15, 0.2) is 0 Å². The zero-order valence-corrected chi connectivity index (χ0v) is 19.3. The molecule has 5 rings (SSSR count). The average Bonchev–Trinajstić information content (AvgIpc) is 3.46. The maximum absolute atomic E-state index is 14.9. The van der Waals surface area contributed by atoms with E-state index in [1.54, 1.807) is 13.2 Å². The maximum atomic E-state index is 14.9. The van der Waals surface area contributed by atoms with Gasteiger partial charge < -0.3 is 18.9 Å². The van der Waals surface area contributed by atoms with E-state index >= 15 is 0 Å². The highest BCUT2D eigenvalue weighted by Crippen LogP contribution is 2.42. The molecule has 2 unspecified atom stereocenters. The Morgan fingerprint density at radius 1 is 1.06 bits per heavy atom. The zero-order valence-electron chi connectivity index (χ0n) is 19.3. The summed E-state index contributed by atoms with van der Waals surface area (Å²) in [4.78, 5) is 11.7. The molecule has 2 atom stereocenters. The van der Waals surface area contributed by atoms with E-state index in [0.29, 0.717) is 23.7 Å². The third-order valence-electron chi connectivity index (χ3n) is 6.72. The molecule has 0 saturated carbocycles. The second-order valence-electron chi connectivity index (χ2n) is 8.76. The van der Waals surface area contributed by atoms with Crippen molar-refractivity contribution < 1.29 is 28.1 Å². The minimum absolute atomic E-state index is 0.0262. The number of esters is 1. The van der Waals surface area contributed by atoms with Crippen LogP contribution < -0.4 is 14.2 Å². The number of benzene rings is 3. The molecule has 0 fully saturated rings. The number of hydrogen-bond donors (Lipinski definition) is 0. The summed E-state index contributed by atoms with van der Waals surface area (Å²) in [6.45, 7) is 0.434. The molecule has 2 aliphatic rings. The van der Waals surface area contributed by atoms with Gasteiger partial charge in [0.25, 0.3) is 0 Å². The lowest BCUT2D eigenvalue weighted by atomic mass is 9.96. The lowest BCUT2D eigenvalue weighted by molar-refractivity contribution is -0.141. The third kappa shape index (κ3) is 4.32. The van der Waals surface area contributed by atoms with Gasteiger partial charge in [0.05, 0.1) is 27.2 Å². The van der Waals surface area contributed by atoms with Gasteiger partial charge >= 0.3 is 5.97 Å². The molecule has 0 aromatic heterocycles. The van der Waals surface area contributed by atoms with Crippen LogP contribution >= 0.6 is 0 Å². The van der Waals surface area contributed by atoms with Gasteiger partial charge in [-0.2, -0.15) is 0 Å². The molecule has 5 nitrogen and oxygen atoms in total. The fourth-order valence-electron chi connectivity index (χ4n) is 4.94. The van der Waals surface area contributed by atoms with Crippen molar-refractivity contribution in [2.24, 2.45) is 0 Å². The number of ether oxygens (including phenoxy) is 4. The van der Waals surface area contributed by atoms with Crippen LogP contribution in [0.2, 0.25) is 0 Å². The minimum Gasteiger partial charge on any atom is -0.497 e. The molecule has 176 valence electrons. The van der Waals surface area contributed by atoms with Gasteiger partial charge in [0.1, 0.15) is 29.2 Å². The SMILES string of the molecule is COC(=O)CC1COc2cc(OC3CCc4c(Cc5ccc(OC)cc5)ccc(F)c43)ccc21. The van der Waals surface area contributed by atoms with E-state index in [-0.39, 0.29) is 30.2 Å². The summed E-state index contributed by atoms with van der Waals surface area (Å²) in [5.74, 6) is 1.64. The highest BCUT2D eigenvalue weighted by molar-refractivity contribution is 5.71. The Kier molecular flexibility index (Phi) is 6.14. The first-order chi connectivity index (χ1) is 16.6. The molecular weight excluding hydrogens is 435 g/mol. The average molecular weight is 463 g/mol. The molecule has 3 aromatic rings. The van der Waals surface area contributed by atoms with E-state index in [9.17, 15) is 9.18 Å². The fourth-order valence-corrected chi connectivity index (χ4v) is 4.94. The number of fused-ring (bicyclic) bond motifs is 2. The smallest absolute Gasteiger partial charge is 0.306 e. The Morgan fingerprint density at radius 2 is 1.85 bits per heavy atom. The van der Waals surface area contributed by atoms with Crippen molar-refractivity contribution in [2.75, 3.05) is 20.8 Å². The summed E-state index contributed by atoms with van der Waals surface area (Å²) in [6.07, 6.45) is 2.15. The largest absolute Gasteiger partial charge is 0.497 e. The standard InChI is InChI=1S/C28H27FO5/c1-31-20-6-3-17(4-7-20)13-18-5-11-24(29)28-23(18)10-12-25(28)34-21-8-9-22-19(14-27(30)32-2)16-33-26(22)15-21/h3-9,11,15,19,25H,10,12-14,16H2,1-2H3. The molecule has 0 amide bonds. The number of halogens is 1. The van der Waals surface area contributed by atoms with Gasteiger partial charge in [-0.15, -0.1) is 0 Å². The van der Waals surface area contributed by atoms with Crippen molar-refractivity contribution in [3.8, 4) is 17.2 Å². The molecule has 0 spiro atoms. The number of methoxy groups -OCH3 is 2. The van der Waals surface area contributed by atoms with Crippen molar-refractivity contribution in [1.29, 1.82) is 0 Å². The quantitative estimate of drug-likeness (QED) is 0.432. The summed E-state index contributed by atoms with van der Waals surface area (Å²) in [7, 11) is 3.03. The topological polar surface area (TPSA) is 54.0 Å². The molecule has 6 heteroatoms. The normalized spacial score (nSPS) is 18.1. The molecule has 0 bridgehead atoms. The van der Waals surface area contributed by atoms with E-state index < -0.39 is 0 Å². The van der Waals surface area contributed by atoms with E-state index in [0.717, 1.165) is 47.3 Å². The maximum Gasteiger partial charge on any atom is 0.306 e. The van der Waals surface area contributed by atoms with Gasteiger partial charge in [-0.25, -0.2) is 4.39 Å². The first kappa shape index (κ1) is 22.3. The predicted octanol–water partition coefficient (Wildman–Crippen LogP) is 5.53. The molecule has 1 heterocycles. The Bertz CT molecular complexity index is 1200. The van der Waals surface area contributed by atoms with Gasteiger partial charge in [0.2, 0.25) is 0 Å². The van der Waals surface area contributed by atoms with Gasteiger partial charge in [-0.1, -0.05) is 24.3 Å². The number of rotatable bonds is 7. The first-order valence-electron chi connectivity index (χ1n) is 11.5. The third-order valence-corrected chi connectivity index (χ3v) is 6.72. The van der Waals surface area contributed by atoms with Crippen LogP contribution in [0.1, 0.15) is 52.7 Å². The lowest BCUT2D eigenvalue weighted by Crippen LogP contribution is -2.09. The minimum atomic E-state index is -0.351. The van der Waals surface area contributed by atoms with Crippen LogP contribution in [0.4, 0.5) is 4.39 Å². The molecular formula is C28H27FO5. The van der Waals surface area contributed by atoms with Crippen LogP contribution in [0.25, 0.3) is 0 Å². The monoisotopic (exact) mass is 462 g/mol. The summed E-state index contributed by atoms with van der Waals surface area (Å²) in [6, 6.07) is 17.0. The van der Waals surface area contributed by atoms with E-state index in [2.05, 4.69) is 0 Å². The molecule has 3 aromatic carbocycles. The highest BCUT2D eigenvalue weighted by atomic mass is 19.1. The molecule has 0 N–H and O–H groups in total. The van der Waals surface area contributed by atoms with Gasteiger partial charge in [-0.05, 0) is 60.2 Å². The van der Waals surface area contributed by atoms with Gasteiger partial charge in [-0.3, -0.25) is 4.79 Å². The summed E-state index contributed by atoms with van der Waals surface area (Å²) in [5, 5.41) is 0. The molecule has 0 saturated heterocycles. The second-order valence-corrected chi connectivity index (χ2v) is 8.76.